The molecule has 1 aromatic carbocycles. The predicted molar refractivity (Wildman–Crippen MR) is 83.7 cm³/mol. The number of halogens is 1. The fraction of sp³-hybridized carbons (Fsp3) is 0.188. The summed E-state index contributed by atoms with van der Waals surface area (Å²) in [6.07, 6.45) is 5.26. The number of aromatic hydroxyl groups is 1. The van der Waals surface area contributed by atoms with Gasteiger partial charge in [0.2, 0.25) is 10.0 Å². The van der Waals surface area contributed by atoms with E-state index in [2.05, 4.69) is 4.98 Å². The molecule has 0 atom stereocenters. The zero-order valence-corrected chi connectivity index (χ0v) is 13.0. The largest absolute Gasteiger partial charge is 0.506 e. The lowest BCUT2D eigenvalue weighted by molar-refractivity contribution is 0.440. The Hall–Kier alpha value is -2.25. The van der Waals surface area contributed by atoms with E-state index >= 15 is 0 Å². The Bertz CT molecular complexity index is 865. The monoisotopic (exact) mass is 334 g/mol. The van der Waals surface area contributed by atoms with Gasteiger partial charge in [-0.05, 0) is 41.8 Å². The van der Waals surface area contributed by atoms with Crippen molar-refractivity contribution in [3.63, 3.8) is 0 Å². The van der Waals surface area contributed by atoms with E-state index in [-0.39, 0.29) is 17.2 Å². The van der Waals surface area contributed by atoms with Gasteiger partial charge in [-0.25, -0.2) is 12.8 Å². The minimum absolute atomic E-state index is 0.0478. The minimum Gasteiger partial charge on any atom is -0.506 e. The van der Waals surface area contributed by atoms with Gasteiger partial charge in [0, 0.05) is 19.3 Å². The van der Waals surface area contributed by atoms with Gasteiger partial charge in [-0.15, -0.1) is 0 Å². The zero-order chi connectivity index (χ0) is 16.4. The SMILES string of the molecule is O=S(=O)(c1cccc(F)c1)N1CC=C(c2cncc(O)c2)CC1. The summed E-state index contributed by atoms with van der Waals surface area (Å²) in [4.78, 5) is 3.87. The maximum absolute atomic E-state index is 13.3. The first-order valence-corrected chi connectivity index (χ1v) is 8.50. The molecule has 120 valence electrons. The Morgan fingerprint density at radius 3 is 2.70 bits per heavy atom. The van der Waals surface area contributed by atoms with Crippen LogP contribution in [0, 0.1) is 5.82 Å². The number of rotatable bonds is 3. The van der Waals surface area contributed by atoms with Gasteiger partial charge >= 0.3 is 0 Å². The Morgan fingerprint density at radius 2 is 2.04 bits per heavy atom. The third-order valence-corrected chi connectivity index (χ3v) is 5.56. The molecule has 2 heterocycles. The summed E-state index contributed by atoms with van der Waals surface area (Å²) < 4.78 is 39.6. The standard InChI is InChI=1S/C16H15FN2O3S/c17-14-2-1-3-16(9-14)23(21,22)19-6-4-12(5-7-19)13-8-15(20)11-18-10-13/h1-4,8-11,20H,5-7H2. The maximum Gasteiger partial charge on any atom is 0.243 e. The number of hydrogen-bond donors (Lipinski definition) is 1. The van der Waals surface area contributed by atoms with Gasteiger partial charge in [-0.1, -0.05) is 12.1 Å². The summed E-state index contributed by atoms with van der Waals surface area (Å²) in [5.41, 5.74) is 1.70. The minimum atomic E-state index is -3.71. The molecule has 0 amide bonds. The van der Waals surface area contributed by atoms with Gasteiger partial charge in [0.1, 0.15) is 11.6 Å². The second-order valence-corrected chi connectivity index (χ2v) is 7.17. The van der Waals surface area contributed by atoms with Crippen LogP contribution in [0.15, 0.2) is 53.7 Å². The van der Waals surface area contributed by atoms with Crippen LogP contribution in [-0.2, 0) is 10.0 Å². The third kappa shape index (κ3) is 3.25. The van der Waals surface area contributed by atoms with Crippen LogP contribution in [0.4, 0.5) is 4.39 Å². The molecule has 0 fully saturated rings. The van der Waals surface area contributed by atoms with Gasteiger partial charge in [-0.2, -0.15) is 4.31 Å². The lowest BCUT2D eigenvalue weighted by Gasteiger charge is -2.26. The molecule has 0 spiro atoms. The summed E-state index contributed by atoms with van der Waals surface area (Å²) in [6.45, 7) is 0.490. The molecule has 23 heavy (non-hydrogen) atoms. The molecule has 0 saturated heterocycles. The molecular weight excluding hydrogens is 319 g/mol. The Balaban J connectivity index is 1.83. The van der Waals surface area contributed by atoms with Gasteiger partial charge in [-0.3, -0.25) is 4.98 Å². The van der Waals surface area contributed by atoms with E-state index in [0.29, 0.717) is 13.0 Å². The van der Waals surface area contributed by atoms with Gasteiger partial charge in [0.05, 0.1) is 11.1 Å². The summed E-state index contributed by atoms with van der Waals surface area (Å²) in [6, 6.07) is 6.59. The molecule has 3 rings (SSSR count). The lowest BCUT2D eigenvalue weighted by atomic mass is 10.0. The molecule has 0 radical (unpaired) electrons. The van der Waals surface area contributed by atoms with Crippen molar-refractivity contribution in [2.45, 2.75) is 11.3 Å². The number of aromatic nitrogens is 1. The van der Waals surface area contributed by atoms with Crippen molar-refractivity contribution < 1.29 is 17.9 Å². The van der Waals surface area contributed by atoms with Crippen molar-refractivity contribution in [3.05, 3.63) is 60.2 Å². The lowest BCUT2D eigenvalue weighted by Crippen LogP contribution is -2.34. The molecule has 0 saturated carbocycles. The molecule has 1 aliphatic heterocycles. The zero-order valence-electron chi connectivity index (χ0n) is 12.2. The highest BCUT2D eigenvalue weighted by atomic mass is 32.2. The van der Waals surface area contributed by atoms with E-state index in [1.54, 1.807) is 18.3 Å². The number of nitrogens with zero attached hydrogens (tertiary/aromatic N) is 2. The van der Waals surface area contributed by atoms with Crippen molar-refractivity contribution in [2.24, 2.45) is 0 Å². The average molecular weight is 334 g/mol. The van der Waals surface area contributed by atoms with Crippen LogP contribution in [0.3, 0.4) is 0 Å². The topological polar surface area (TPSA) is 70.5 Å². The fourth-order valence-electron chi connectivity index (χ4n) is 2.51. The second kappa shape index (κ2) is 6.10. The van der Waals surface area contributed by atoms with Crippen molar-refractivity contribution in [2.75, 3.05) is 13.1 Å². The van der Waals surface area contributed by atoms with E-state index in [4.69, 9.17) is 0 Å². The number of benzene rings is 1. The van der Waals surface area contributed by atoms with E-state index in [1.807, 2.05) is 0 Å². The number of sulfonamides is 1. The third-order valence-electron chi connectivity index (χ3n) is 3.70. The molecule has 1 aliphatic rings. The summed E-state index contributed by atoms with van der Waals surface area (Å²) >= 11 is 0. The fourth-order valence-corrected chi connectivity index (χ4v) is 3.92. The first-order chi connectivity index (χ1) is 11.0. The van der Waals surface area contributed by atoms with Crippen LogP contribution < -0.4 is 0 Å². The first kappa shape index (κ1) is 15.6. The number of hydrogen-bond acceptors (Lipinski definition) is 4. The molecule has 7 heteroatoms. The molecule has 0 aliphatic carbocycles. The van der Waals surface area contributed by atoms with Crippen LogP contribution in [0.5, 0.6) is 5.75 Å². The highest BCUT2D eigenvalue weighted by Gasteiger charge is 2.26. The quantitative estimate of drug-likeness (QED) is 0.936. The smallest absolute Gasteiger partial charge is 0.243 e. The van der Waals surface area contributed by atoms with E-state index in [0.717, 1.165) is 17.2 Å². The van der Waals surface area contributed by atoms with Crippen LogP contribution in [0.2, 0.25) is 0 Å². The summed E-state index contributed by atoms with van der Waals surface area (Å²) in [5.74, 6) is -0.511. The van der Waals surface area contributed by atoms with Crippen molar-refractivity contribution in [1.29, 1.82) is 0 Å². The molecule has 0 bridgehead atoms. The predicted octanol–water partition coefficient (Wildman–Crippen LogP) is 2.40. The molecular formula is C16H15FN2O3S. The number of pyridine rings is 1. The van der Waals surface area contributed by atoms with Crippen LogP contribution in [-0.4, -0.2) is 35.9 Å². The van der Waals surface area contributed by atoms with Crippen molar-refractivity contribution in [3.8, 4) is 5.75 Å². The Morgan fingerprint density at radius 1 is 1.22 bits per heavy atom. The molecule has 0 unspecified atom stereocenters. The average Bonchev–Trinajstić information content (AvgIpc) is 2.55. The van der Waals surface area contributed by atoms with E-state index in [9.17, 15) is 17.9 Å². The normalized spacial score (nSPS) is 16.1. The van der Waals surface area contributed by atoms with E-state index < -0.39 is 15.8 Å². The van der Waals surface area contributed by atoms with Gasteiger partial charge < -0.3 is 5.11 Å². The van der Waals surface area contributed by atoms with Crippen LogP contribution in [0.1, 0.15) is 12.0 Å². The van der Waals surface area contributed by atoms with Crippen LogP contribution in [0.25, 0.3) is 5.57 Å². The molecule has 5 nitrogen and oxygen atoms in total. The Labute approximate surface area is 133 Å². The first-order valence-electron chi connectivity index (χ1n) is 7.06. The summed E-state index contributed by atoms with van der Waals surface area (Å²) in [7, 11) is -3.71. The van der Waals surface area contributed by atoms with Crippen molar-refractivity contribution >= 4 is 15.6 Å². The van der Waals surface area contributed by atoms with Gasteiger partial charge in [0.15, 0.2) is 0 Å². The maximum atomic E-state index is 13.3. The van der Waals surface area contributed by atoms with Crippen LogP contribution >= 0.6 is 0 Å². The van der Waals surface area contributed by atoms with Crippen molar-refractivity contribution in [1.82, 2.24) is 9.29 Å². The molecule has 2 aromatic rings. The molecule has 1 N–H and O–H groups in total. The highest BCUT2D eigenvalue weighted by molar-refractivity contribution is 7.89. The Kier molecular flexibility index (Phi) is 4.14. The second-order valence-electron chi connectivity index (χ2n) is 5.23. The van der Waals surface area contributed by atoms with E-state index in [1.165, 1.54) is 28.7 Å². The highest BCUT2D eigenvalue weighted by Crippen LogP contribution is 2.27. The molecule has 1 aromatic heterocycles. The van der Waals surface area contributed by atoms with Gasteiger partial charge in [0.25, 0.3) is 0 Å². The summed E-state index contributed by atoms with van der Waals surface area (Å²) in [5, 5.41) is 9.47.